The monoisotopic (exact) mass is 583 g/mol. The Morgan fingerprint density at radius 1 is 0.786 bits per heavy atom. The molecule has 0 amide bonds. The standard InChI is InChI=1S/C31H25N3O7S/c1-19-24-28(42-33-19)34(18-32-24)27-26(41-31(37)22-15-9-4-10-16-22)25(40-30(36)21-13-7-3-8-14-21)23(39-27)17-38-29(35)20-11-5-2-6-12-20/h2-16,18,23,25-27H,17H2,1H3/t23-,25-,26-,27-/m1/s1. The van der Waals surface area contributed by atoms with E-state index in [2.05, 4.69) is 9.36 Å². The number of carbonyl (C=O) groups excluding carboxylic acids is 3. The number of rotatable bonds is 8. The molecule has 3 heterocycles. The van der Waals surface area contributed by atoms with E-state index in [4.69, 9.17) is 18.9 Å². The van der Waals surface area contributed by atoms with Crippen LogP contribution in [0.25, 0.3) is 10.3 Å². The highest BCUT2D eigenvalue weighted by Crippen LogP contribution is 2.38. The number of benzene rings is 3. The predicted octanol–water partition coefficient (Wildman–Crippen LogP) is 5.01. The van der Waals surface area contributed by atoms with Crippen LogP contribution < -0.4 is 0 Å². The summed E-state index contributed by atoms with van der Waals surface area (Å²) in [5, 5.41) is 0. The van der Waals surface area contributed by atoms with E-state index < -0.39 is 42.4 Å². The van der Waals surface area contributed by atoms with Crippen molar-refractivity contribution in [1.29, 1.82) is 0 Å². The molecule has 0 N–H and O–H groups in total. The first-order valence-corrected chi connectivity index (χ1v) is 14.0. The fourth-order valence-electron chi connectivity index (χ4n) is 4.71. The molecule has 0 radical (unpaired) electrons. The zero-order valence-electron chi connectivity index (χ0n) is 22.4. The van der Waals surface area contributed by atoms with Crippen LogP contribution in [-0.4, -0.2) is 56.8 Å². The number of hydrogen-bond donors (Lipinski definition) is 0. The molecule has 10 nitrogen and oxygen atoms in total. The van der Waals surface area contributed by atoms with Crippen LogP contribution in [0.4, 0.5) is 0 Å². The molecule has 6 rings (SSSR count). The smallest absolute Gasteiger partial charge is 0.338 e. The van der Waals surface area contributed by atoms with Crippen LogP contribution in [0, 0.1) is 6.92 Å². The molecule has 0 bridgehead atoms. The lowest BCUT2D eigenvalue weighted by Gasteiger charge is -2.25. The highest BCUT2D eigenvalue weighted by Gasteiger charge is 2.51. The van der Waals surface area contributed by atoms with Gasteiger partial charge >= 0.3 is 17.9 Å². The fourth-order valence-corrected chi connectivity index (χ4v) is 5.55. The van der Waals surface area contributed by atoms with Gasteiger partial charge in [0.25, 0.3) is 0 Å². The number of aryl methyl sites for hydroxylation is 1. The second-order valence-electron chi connectivity index (χ2n) is 9.58. The summed E-state index contributed by atoms with van der Waals surface area (Å²) in [5.74, 6) is -1.85. The Hall–Kier alpha value is -4.87. The van der Waals surface area contributed by atoms with Gasteiger partial charge in [0.15, 0.2) is 18.4 Å². The Morgan fingerprint density at radius 2 is 1.31 bits per heavy atom. The highest BCUT2D eigenvalue weighted by molar-refractivity contribution is 7.13. The number of ether oxygens (including phenoxy) is 4. The lowest BCUT2D eigenvalue weighted by Crippen LogP contribution is -2.41. The normalized spacial score (nSPS) is 19.8. The van der Waals surface area contributed by atoms with Gasteiger partial charge in [-0.05, 0) is 54.9 Å². The van der Waals surface area contributed by atoms with Crippen LogP contribution >= 0.6 is 11.5 Å². The van der Waals surface area contributed by atoms with Gasteiger partial charge in [-0.3, -0.25) is 4.57 Å². The number of nitrogens with zero attached hydrogens (tertiary/aromatic N) is 3. The molecule has 3 aromatic carbocycles. The summed E-state index contributed by atoms with van der Waals surface area (Å²) in [4.78, 5) is 44.5. The van der Waals surface area contributed by atoms with Gasteiger partial charge in [-0.1, -0.05) is 54.6 Å². The van der Waals surface area contributed by atoms with Crippen molar-refractivity contribution < 1.29 is 33.3 Å². The number of fused-ring (bicyclic) bond motifs is 1. The minimum Gasteiger partial charge on any atom is -0.459 e. The Bertz CT molecular complexity index is 1710. The average molecular weight is 584 g/mol. The molecule has 0 saturated carbocycles. The average Bonchev–Trinajstić information content (AvgIpc) is 3.72. The second kappa shape index (κ2) is 11.9. The zero-order chi connectivity index (χ0) is 29.1. The highest BCUT2D eigenvalue weighted by atomic mass is 32.1. The summed E-state index contributed by atoms with van der Waals surface area (Å²) in [7, 11) is 0. The summed E-state index contributed by atoms with van der Waals surface area (Å²) < 4.78 is 30.0. The lowest BCUT2D eigenvalue weighted by atomic mass is 10.1. The molecule has 1 aliphatic rings. The topological polar surface area (TPSA) is 119 Å². The molecular formula is C31H25N3O7S. The van der Waals surface area contributed by atoms with Gasteiger partial charge < -0.3 is 18.9 Å². The van der Waals surface area contributed by atoms with Gasteiger partial charge in [0.2, 0.25) is 0 Å². The molecule has 0 spiro atoms. The van der Waals surface area contributed by atoms with Gasteiger partial charge in [0.1, 0.15) is 23.1 Å². The Labute approximate surface area is 244 Å². The first kappa shape index (κ1) is 27.3. The quantitative estimate of drug-likeness (QED) is 0.183. The second-order valence-corrected chi connectivity index (χ2v) is 10.3. The molecule has 4 atom stereocenters. The number of carbonyl (C=O) groups is 3. The number of aromatic nitrogens is 3. The third-order valence-electron chi connectivity index (χ3n) is 6.81. The maximum absolute atomic E-state index is 13.3. The molecular weight excluding hydrogens is 558 g/mol. The number of hydrogen-bond acceptors (Lipinski definition) is 10. The molecule has 0 aliphatic carbocycles. The summed E-state index contributed by atoms with van der Waals surface area (Å²) >= 11 is 1.22. The first-order valence-electron chi connectivity index (χ1n) is 13.2. The minimum atomic E-state index is -1.13. The Balaban J connectivity index is 1.35. The predicted molar refractivity (Wildman–Crippen MR) is 152 cm³/mol. The number of imidazole rings is 1. The maximum atomic E-state index is 13.3. The van der Waals surface area contributed by atoms with Crippen molar-refractivity contribution in [2.24, 2.45) is 0 Å². The van der Waals surface area contributed by atoms with Crippen molar-refractivity contribution in [1.82, 2.24) is 13.9 Å². The van der Waals surface area contributed by atoms with Crippen LogP contribution in [0.5, 0.6) is 0 Å². The van der Waals surface area contributed by atoms with Gasteiger partial charge in [0, 0.05) is 0 Å². The van der Waals surface area contributed by atoms with Crippen LogP contribution in [0.15, 0.2) is 97.3 Å². The maximum Gasteiger partial charge on any atom is 0.338 e. The first-order chi connectivity index (χ1) is 20.5. The molecule has 1 aliphatic heterocycles. The van der Waals surface area contributed by atoms with Crippen LogP contribution in [0.3, 0.4) is 0 Å². The van der Waals surface area contributed by atoms with Gasteiger partial charge in [-0.2, -0.15) is 4.37 Å². The van der Waals surface area contributed by atoms with E-state index in [-0.39, 0.29) is 6.61 Å². The lowest BCUT2D eigenvalue weighted by molar-refractivity contribution is -0.0602. The summed E-state index contributed by atoms with van der Waals surface area (Å²) in [6.07, 6.45) is -2.62. The van der Waals surface area contributed by atoms with E-state index in [1.165, 1.54) is 11.5 Å². The molecule has 5 aromatic rings. The molecule has 42 heavy (non-hydrogen) atoms. The Morgan fingerprint density at radius 3 is 1.88 bits per heavy atom. The summed E-state index contributed by atoms with van der Waals surface area (Å²) in [6, 6.07) is 25.4. The van der Waals surface area contributed by atoms with Crippen molar-refractivity contribution in [3.63, 3.8) is 0 Å². The largest absolute Gasteiger partial charge is 0.459 e. The van der Waals surface area contributed by atoms with Gasteiger partial charge in [0.05, 0.1) is 28.7 Å². The SMILES string of the molecule is Cc1nsc2c1ncn2[C@@H]1O[C@H](COC(=O)c2ccccc2)[C@@H](OC(=O)c2ccccc2)[C@H]1OC(=O)c1ccccc1. The third-order valence-corrected chi connectivity index (χ3v) is 7.76. The fraction of sp³-hybridized carbons (Fsp3) is 0.194. The number of esters is 3. The van der Waals surface area contributed by atoms with Gasteiger partial charge in [-0.15, -0.1) is 0 Å². The van der Waals surface area contributed by atoms with Crippen LogP contribution in [0.1, 0.15) is 43.0 Å². The molecule has 1 fully saturated rings. The Kier molecular flexibility index (Phi) is 7.76. The van der Waals surface area contributed by atoms with Crippen molar-refractivity contribution in [2.45, 2.75) is 31.5 Å². The van der Waals surface area contributed by atoms with E-state index >= 15 is 0 Å². The van der Waals surface area contributed by atoms with E-state index in [1.807, 2.05) is 6.92 Å². The van der Waals surface area contributed by atoms with Gasteiger partial charge in [-0.25, -0.2) is 19.4 Å². The van der Waals surface area contributed by atoms with Crippen molar-refractivity contribution in [3.05, 3.63) is 120 Å². The van der Waals surface area contributed by atoms with Crippen LogP contribution in [0.2, 0.25) is 0 Å². The van der Waals surface area contributed by atoms with Crippen molar-refractivity contribution in [2.75, 3.05) is 6.61 Å². The third kappa shape index (κ3) is 5.52. The molecule has 2 aromatic heterocycles. The van der Waals surface area contributed by atoms with E-state index in [9.17, 15) is 14.4 Å². The molecule has 0 unspecified atom stereocenters. The van der Waals surface area contributed by atoms with Crippen molar-refractivity contribution in [3.8, 4) is 0 Å². The summed E-state index contributed by atoms with van der Waals surface area (Å²) in [5.41, 5.74) is 2.39. The van der Waals surface area contributed by atoms with E-state index in [0.29, 0.717) is 27.0 Å². The molecule has 1 saturated heterocycles. The minimum absolute atomic E-state index is 0.268. The van der Waals surface area contributed by atoms with E-state index in [1.54, 1.807) is 102 Å². The van der Waals surface area contributed by atoms with E-state index in [0.717, 1.165) is 5.69 Å². The van der Waals surface area contributed by atoms with Crippen molar-refractivity contribution >= 4 is 39.8 Å². The summed E-state index contributed by atoms with van der Waals surface area (Å²) in [6.45, 7) is 1.57. The molecule has 11 heteroatoms. The van der Waals surface area contributed by atoms with Crippen LogP contribution in [-0.2, 0) is 18.9 Å². The molecule has 212 valence electrons. The zero-order valence-corrected chi connectivity index (χ0v) is 23.2.